The first-order chi connectivity index (χ1) is 14.7. The van der Waals surface area contributed by atoms with Crippen LogP contribution in [-0.4, -0.2) is 46.2 Å². The topological polar surface area (TPSA) is 52.2 Å². The van der Waals surface area contributed by atoms with Gasteiger partial charge in [0.25, 0.3) is 5.56 Å². The van der Waals surface area contributed by atoms with E-state index in [9.17, 15) is 18.0 Å². The molecule has 0 spiro atoms. The van der Waals surface area contributed by atoms with Crippen molar-refractivity contribution in [3.05, 3.63) is 39.5 Å². The Morgan fingerprint density at radius 2 is 1.84 bits per heavy atom. The van der Waals surface area contributed by atoms with Crippen molar-refractivity contribution in [2.45, 2.75) is 85.4 Å². The molecule has 1 unspecified atom stereocenters. The van der Waals surface area contributed by atoms with Crippen LogP contribution in [0.4, 0.5) is 13.2 Å². The molecule has 0 saturated carbocycles. The summed E-state index contributed by atoms with van der Waals surface area (Å²) in [5, 5.41) is 6.06. The van der Waals surface area contributed by atoms with E-state index in [0.29, 0.717) is 25.2 Å². The zero-order valence-corrected chi connectivity index (χ0v) is 19.7. The van der Waals surface area contributed by atoms with Crippen LogP contribution in [0, 0.1) is 0 Å². The van der Waals surface area contributed by atoms with Crippen molar-refractivity contribution >= 4 is 0 Å². The summed E-state index contributed by atoms with van der Waals surface area (Å²) in [7, 11) is 0. The quantitative estimate of drug-likeness (QED) is 0.455. The van der Waals surface area contributed by atoms with Gasteiger partial charge >= 0.3 is 6.18 Å². The van der Waals surface area contributed by atoms with E-state index in [1.165, 1.54) is 12.8 Å². The molecule has 0 saturated heterocycles. The molecule has 178 valence electrons. The Bertz CT molecular complexity index is 745. The molecule has 0 amide bonds. The summed E-state index contributed by atoms with van der Waals surface area (Å²) in [5.74, 6) is 0. The van der Waals surface area contributed by atoms with Crippen LogP contribution in [0.5, 0.6) is 0 Å². The molecule has 1 aliphatic carbocycles. The van der Waals surface area contributed by atoms with Gasteiger partial charge in [0.05, 0.1) is 11.7 Å². The van der Waals surface area contributed by atoms with Gasteiger partial charge in [-0.2, -0.15) is 18.3 Å². The molecule has 1 aromatic heterocycles. The second-order valence-electron chi connectivity index (χ2n) is 7.58. The summed E-state index contributed by atoms with van der Waals surface area (Å²) in [6.45, 7) is 17.8. The number of aromatic nitrogens is 2. The van der Waals surface area contributed by atoms with Crippen molar-refractivity contribution in [3.8, 4) is 0 Å². The van der Waals surface area contributed by atoms with E-state index < -0.39 is 17.3 Å². The van der Waals surface area contributed by atoms with Crippen LogP contribution in [0.1, 0.15) is 89.6 Å². The van der Waals surface area contributed by atoms with Crippen molar-refractivity contribution in [2.24, 2.45) is 0 Å². The summed E-state index contributed by atoms with van der Waals surface area (Å²) >= 11 is 0. The van der Waals surface area contributed by atoms with Crippen LogP contribution in [0.15, 0.2) is 17.1 Å². The Balaban J connectivity index is 0.00000233. The lowest BCUT2D eigenvalue weighted by atomic mass is 10.1. The van der Waals surface area contributed by atoms with E-state index in [1.807, 2.05) is 20.8 Å². The fourth-order valence-corrected chi connectivity index (χ4v) is 4.16. The summed E-state index contributed by atoms with van der Waals surface area (Å²) < 4.78 is 40.0. The average Bonchev–Trinajstić information content (AvgIpc) is 3.15. The maximum Gasteiger partial charge on any atom is 0.422 e. The minimum absolute atomic E-state index is 0.0540. The molecule has 1 atom stereocenters. The predicted octanol–water partition coefficient (Wildman–Crippen LogP) is 5.54. The molecule has 8 heteroatoms. The Morgan fingerprint density at radius 3 is 2.39 bits per heavy atom. The molecule has 5 nitrogen and oxygen atoms in total. The molecule has 1 heterocycles. The van der Waals surface area contributed by atoms with E-state index in [1.54, 1.807) is 0 Å². The van der Waals surface area contributed by atoms with Gasteiger partial charge in [-0.3, -0.25) is 9.69 Å². The number of fused-ring (bicyclic) bond motifs is 1. The molecule has 31 heavy (non-hydrogen) atoms. The monoisotopic (exact) mass is 444 g/mol. The molecule has 0 bridgehead atoms. The van der Waals surface area contributed by atoms with Crippen LogP contribution in [0.25, 0.3) is 0 Å². The first-order valence-corrected chi connectivity index (χ1v) is 11.6. The van der Waals surface area contributed by atoms with E-state index in [-0.39, 0.29) is 18.0 Å². The molecule has 0 aromatic carbocycles. The second kappa shape index (κ2) is 12.9. The molecule has 1 aromatic rings. The molecular weight excluding hydrogens is 405 g/mol. The number of alkyl halides is 3. The summed E-state index contributed by atoms with van der Waals surface area (Å²) in [6, 6.07) is -0.212. The Kier molecular flexibility index (Phi) is 11.3. The molecule has 0 fully saturated rings. The van der Waals surface area contributed by atoms with Gasteiger partial charge in [-0.15, -0.1) is 0 Å². The number of hydrogen-bond donors (Lipinski definition) is 1. The molecule has 1 aliphatic rings. The molecule has 1 N–H and O–H groups in total. The highest BCUT2D eigenvalue weighted by Crippen LogP contribution is 2.39. The highest BCUT2D eigenvalue weighted by molar-refractivity contribution is 5.36. The average molecular weight is 445 g/mol. The number of aromatic amines is 1. The fourth-order valence-electron chi connectivity index (χ4n) is 4.16. The van der Waals surface area contributed by atoms with Gasteiger partial charge in [-0.05, 0) is 44.7 Å². The number of nitrogens with one attached hydrogen (secondary N) is 1. The second-order valence-corrected chi connectivity index (χ2v) is 7.58. The van der Waals surface area contributed by atoms with Crippen molar-refractivity contribution in [1.82, 2.24) is 20.0 Å². The summed E-state index contributed by atoms with van der Waals surface area (Å²) in [6.07, 6.45) is 0.349. The molecule has 2 rings (SSSR count). The van der Waals surface area contributed by atoms with Crippen molar-refractivity contribution < 1.29 is 13.2 Å². The van der Waals surface area contributed by atoms with Crippen molar-refractivity contribution in [1.29, 1.82) is 0 Å². The van der Waals surface area contributed by atoms with Gasteiger partial charge in [-0.25, -0.2) is 5.10 Å². The lowest BCUT2D eigenvalue weighted by Crippen LogP contribution is -2.32. The first kappa shape index (κ1) is 27.2. The lowest BCUT2D eigenvalue weighted by molar-refractivity contribution is -0.139. The number of unbranched alkanes of at least 4 members (excludes halogenated alkanes) is 2. The summed E-state index contributed by atoms with van der Waals surface area (Å²) in [4.78, 5) is 16.2. The van der Waals surface area contributed by atoms with Gasteiger partial charge in [-0.1, -0.05) is 47.1 Å². The molecule has 0 radical (unpaired) electrons. The van der Waals surface area contributed by atoms with Crippen molar-refractivity contribution in [3.63, 3.8) is 0 Å². The number of H-pyrrole nitrogens is 1. The maximum absolute atomic E-state index is 13.3. The van der Waals surface area contributed by atoms with Crippen LogP contribution >= 0.6 is 0 Å². The third-order valence-electron chi connectivity index (χ3n) is 5.78. The smallest absolute Gasteiger partial charge is 0.376 e. The van der Waals surface area contributed by atoms with Gasteiger partial charge < -0.3 is 4.90 Å². The number of nitrogens with zero attached hydrogens (tertiary/aromatic N) is 3. The van der Waals surface area contributed by atoms with E-state index in [4.69, 9.17) is 0 Å². The fraction of sp³-hybridized carbons (Fsp3) is 0.739. The normalized spacial score (nSPS) is 15.5. The van der Waals surface area contributed by atoms with Gasteiger partial charge in [0.1, 0.15) is 5.56 Å². The Morgan fingerprint density at radius 1 is 1.16 bits per heavy atom. The molecular formula is C23H39F3N4O. The van der Waals surface area contributed by atoms with Crippen LogP contribution in [0.2, 0.25) is 0 Å². The largest absolute Gasteiger partial charge is 0.422 e. The zero-order chi connectivity index (χ0) is 23.6. The van der Waals surface area contributed by atoms with Gasteiger partial charge in [0, 0.05) is 25.3 Å². The number of halogens is 3. The number of hydrogen-bond acceptors (Lipinski definition) is 4. The third-order valence-corrected chi connectivity index (χ3v) is 5.78. The molecule has 0 aliphatic heterocycles. The lowest BCUT2D eigenvalue weighted by Gasteiger charge is -2.30. The Labute approximate surface area is 184 Å². The highest BCUT2D eigenvalue weighted by Gasteiger charge is 2.42. The minimum atomic E-state index is -4.67. The minimum Gasteiger partial charge on any atom is -0.376 e. The van der Waals surface area contributed by atoms with Crippen LogP contribution in [0.3, 0.4) is 0 Å². The van der Waals surface area contributed by atoms with Crippen LogP contribution in [-0.2, 0) is 12.6 Å². The standard InChI is InChI=1S/C21H33F3N4O.C2H6/c1-5-8-9-13-27(6-2)15(4)12-14-28(7-3)17-11-10-16-18(21(22,23)24)20(29)26-25-19(16)17;1-2/h17H,4-14H2,1-3H3,(H,26,29);1-2H3. The number of rotatable bonds is 11. The van der Waals surface area contributed by atoms with E-state index in [2.05, 4.69) is 40.4 Å². The van der Waals surface area contributed by atoms with Crippen molar-refractivity contribution in [2.75, 3.05) is 26.2 Å². The third kappa shape index (κ3) is 7.09. The SMILES string of the molecule is C=C(CCN(CC)C1CCc2c1n[nH]c(=O)c2C(F)(F)F)N(CC)CCCCC.CC. The van der Waals surface area contributed by atoms with E-state index >= 15 is 0 Å². The Hall–Kier alpha value is -1.83. The van der Waals surface area contributed by atoms with Gasteiger partial charge in [0.15, 0.2) is 0 Å². The zero-order valence-electron chi connectivity index (χ0n) is 19.7. The highest BCUT2D eigenvalue weighted by atomic mass is 19.4. The van der Waals surface area contributed by atoms with Crippen LogP contribution < -0.4 is 5.56 Å². The predicted molar refractivity (Wildman–Crippen MR) is 120 cm³/mol. The van der Waals surface area contributed by atoms with Gasteiger partial charge in [0.2, 0.25) is 0 Å². The maximum atomic E-state index is 13.3. The summed E-state index contributed by atoms with van der Waals surface area (Å²) in [5.41, 5.74) is -0.763. The van der Waals surface area contributed by atoms with E-state index in [0.717, 1.165) is 31.6 Å². The first-order valence-electron chi connectivity index (χ1n) is 11.6.